The van der Waals surface area contributed by atoms with Crippen LogP contribution in [0.25, 0.3) is 0 Å². The van der Waals surface area contributed by atoms with Gasteiger partial charge < -0.3 is 10.6 Å². The number of aromatic nitrogens is 2. The standard InChI is InChI=1S/C11H12N4OS2/c1-15(2)10(16)7-3-4-9(8(12)5-7)18-11-14-13-6-17-11/h3-6H,12H2,1-2H3. The summed E-state index contributed by atoms with van der Waals surface area (Å²) >= 11 is 2.90. The van der Waals surface area contributed by atoms with Gasteiger partial charge in [-0.15, -0.1) is 10.2 Å². The van der Waals surface area contributed by atoms with E-state index in [0.717, 1.165) is 9.24 Å². The van der Waals surface area contributed by atoms with Gasteiger partial charge in [0.05, 0.1) is 0 Å². The van der Waals surface area contributed by atoms with Gasteiger partial charge in [-0.25, -0.2) is 0 Å². The van der Waals surface area contributed by atoms with Crippen LogP contribution in [0.3, 0.4) is 0 Å². The van der Waals surface area contributed by atoms with E-state index >= 15 is 0 Å². The van der Waals surface area contributed by atoms with Gasteiger partial charge in [0.25, 0.3) is 5.91 Å². The number of carbonyl (C=O) groups excluding carboxylic acids is 1. The van der Waals surface area contributed by atoms with Gasteiger partial charge in [-0.3, -0.25) is 4.79 Å². The molecule has 1 heterocycles. The Kier molecular flexibility index (Phi) is 3.83. The van der Waals surface area contributed by atoms with Crippen molar-refractivity contribution < 1.29 is 4.79 Å². The molecule has 0 aliphatic rings. The highest BCUT2D eigenvalue weighted by Crippen LogP contribution is 2.33. The average Bonchev–Trinajstić information content (AvgIpc) is 2.83. The fourth-order valence-corrected chi connectivity index (χ4v) is 2.79. The zero-order valence-electron chi connectivity index (χ0n) is 9.95. The van der Waals surface area contributed by atoms with Gasteiger partial charge in [0.1, 0.15) is 5.51 Å². The molecule has 1 aromatic carbocycles. The summed E-state index contributed by atoms with van der Waals surface area (Å²) in [6.07, 6.45) is 0. The molecule has 1 aromatic heterocycles. The lowest BCUT2D eigenvalue weighted by atomic mass is 10.2. The van der Waals surface area contributed by atoms with Crippen LogP contribution in [0.15, 0.2) is 32.9 Å². The third-order valence-corrected chi connectivity index (χ3v) is 4.07. The summed E-state index contributed by atoms with van der Waals surface area (Å²) in [7, 11) is 3.42. The van der Waals surface area contributed by atoms with E-state index in [1.807, 2.05) is 6.07 Å². The number of anilines is 1. The first-order valence-electron chi connectivity index (χ1n) is 5.13. The molecule has 1 amide bonds. The minimum absolute atomic E-state index is 0.0610. The molecule has 94 valence electrons. The maximum Gasteiger partial charge on any atom is 0.253 e. The van der Waals surface area contributed by atoms with Crippen molar-refractivity contribution in [2.45, 2.75) is 9.24 Å². The highest BCUT2D eigenvalue weighted by atomic mass is 32.2. The Bertz CT molecular complexity index is 554. The van der Waals surface area contributed by atoms with Crippen LogP contribution in [0.5, 0.6) is 0 Å². The van der Waals surface area contributed by atoms with Crippen LogP contribution in [0.2, 0.25) is 0 Å². The lowest BCUT2D eigenvalue weighted by Crippen LogP contribution is -2.21. The molecule has 0 saturated carbocycles. The minimum atomic E-state index is -0.0610. The van der Waals surface area contributed by atoms with E-state index in [0.29, 0.717) is 11.3 Å². The molecular weight excluding hydrogens is 268 g/mol. The molecule has 0 saturated heterocycles. The number of hydrogen-bond donors (Lipinski definition) is 1. The maximum atomic E-state index is 11.8. The van der Waals surface area contributed by atoms with Crippen LogP contribution in [0, 0.1) is 0 Å². The van der Waals surface area contributed by atoms with Crippen LogP contribution >= 0.6 is 23.1 Å². The van der Waals surface area contributed by atoms with Crippen LogP contribution < -0.4 is 5.73 Å². The fourth-order valence-electron chi connectivity index (χ4n) is 1.33. The van der Waals surface area contributed by atoms with Gasteiger partial charge >= 0.3 is 0 Å². The van der Waals surface area contributed by atoms with Gasteiger partial charge in [-0.1, -0.05) is 23.1 Å². The van der Waals surface area contributed by atoms with Crippen molar-refractivity contribution in [1.29, 1.82) is 0 Å². The molecular formula is C11H12N4OS2. The van der Waals surface area contributed by atoms with Gasteiger partial charge in [0.15, 0.2) is 4.34 Å². The zero-order chi connectivity index (χ0) is 13.1. The third-order valence-electron chi connectivity index (χ3n) is 2.20. The molecule has 0 atom stereocenters. The summed E-state index contributed by atoms with van der Waals surface area (Å²) in [5, 5.41) is 7.70. The highest BCUT2D eigenvalue weighted by Gasteiger charge is 2.11. The van der Waals surface area contributed by atoms with Gasteiger partial charge in [0, 0.05) is 30.2 Å². The predicted octanol–water partition coefficient (Wildman–Crippen LogP) is 1.97. The van der Waals surface area contributed by atoms with Crippen molar-refractivity contribution in [2.75, 3.05) is 19.8 Å². The summed E-state index contributed by atoms with van der Waals surface area (Å²) in [4.78, 5) is 14.2. The van der Waals surface area contributed by atoms with Crippen molar-refractivity contribution in [3.63, 3.8) is 0 Å². The molecule has 0 aliphatic carbocycles. The number of nitrogens with two attached hydrogens (primary N) is 1. The van der Waals surface area contributed by atoms with Gasteiger partial charge in [-0.2, -0.15) is 0 Å². The second kappa shape index (κ2) is 5.36. The molecule has 2 rings (SSSR count). The van der Waals surface area contributed by atoms with Crippen LogP contribution in [0.4, 0.5) is 5.69 Å². The predicted molar refractivity (Wildman–Crippen MR) is 72.9 cm³/mol. The fraction of sp³-hybridized carbons (Fsp3) is 0.182. The Morgan fingerprint density at radius 3 is 2.78 bits per heavy atom. The molecule has 0 fully saturated rings. The minimum Gasteiger partial charge on any atom is -0.398 e. The number of amides is 1. The molecule has 0 radical (unpaired) electrons. The van der Waals surface area contributed by atoms with E-state index < -0.39 is 0 Å². The van der Waals surface area contributed by atoms with E-state index in [1.54, 1.807) is 31.7 Å². The van der Waals surface area contributed by atoms with Crippen molar-refractivity contribution in [2.24, 2.45) is 0 Å². The molecule has 2 N–H and O–H groups in total. The smallest absolute Gasteiger partial charge is 0.253 e. The number of nitrogen functional groups attached to an aromatic ring is 1. The number of carbonyl (C=O) groups is 1. The van der Waals surface area contributed by atoms with Crippen molar-refractivity contribution in [3.8, 4) is 0 Å². The van der Waals surface area contributed by atoms with Crippen molar-refractivity contribution in [1.82, 2.24) is 15.1 Å². The first kappa shape index (κ1) is 12.8. The number of nitrogens with zero attached hydrogens (tertiary/aromatic N) is 3. The summed E-state index contributed by atoms with van der Waals surface area (Å²) in [6.45, 7) is 0. The Balaban J connectivity index is 2.23. The summed E-state index contributed by atoms with van der Waals surface area (Å²) in [5.41, 5.74) is 8.76. The van der Waals surface area contributed by atoms with Crippen LogP contribution in [-0.4, -0.2) is 35.1 Å². The Hall–Kier alpha value is -1.60. The Morgan fingerprint density at radius 2 is 2.22 bits per heavy atom. The molecule has 18 heavy (non-hydrogen) atoms. The molecule has 7 heteroatoms. The average molecular weight is 280 g/mol. The molecule has 2 aromatic rings. The molecule has 0 spiro atoms. The highest BCUT2D eigenvalue weighted by molar-refractivity contribution is 8.01. The number of rotatable bonds is 3. The second-order valence-corrected chi connectivity index (χ2v) is 5.88. The Morgan fingerprint density at radius 1 is 1.44 bits per heavy atom. The SMILES string of the molecule is CN(C)C(=O)c1ccc(Sc2nncs2)c(N)c1. The lowest BCUT2D eigenvalue weighted by Gasteiger charge is -2.11. The van der Waals surface area contributed by atoms with Crippen LogP contribution in [0.1, 0.15) is 10.4 Å². The van der Waals surface area contributed by atoms with E-state index in [4.69, 9.17) is 5.73 Å². The molecule has 0 bridgehead atoms. The van der Waals surface area contributed by atoms with Gasteiger partial charge in [0.2, 0.25) is 0 Å². The van der Waals surface area contributed by atoms with Crippen molar-refractivity contribution >= 4 is 34.7 Å². The summed E-state index contributed by atoms with van der Waals surface area (Å²) in [5.74, 6) is -0.0610. The van der Waals surface area contributed by atoms with E-state index in [1.165, 1.54) is 28.0 Å². The topological polar surface area (TPSA) is 72.1 Å². The largest absolute Gasteiger partial charge is 0.398 e. The molecule has 0 aliphatic heterocycles. The summed E-state index contributed by atoms with van der Waals surface area (Å²) < 4.78 is 0.827. The second-order valence-electron chi connectivity index (χ2n) is 3.76. The van der Waals surface area contributed by atoms with E-state index in [2.05, 4.69) is 10.2 Å². The van der Waals surface area contributed by atoms with Crippen LogP contribution in [-0.2, 0) is 0 Å². The Labute approximate surface area is 113 Å². The first-order chi connectivity index (χ1) is 8.58. The summed E-state index contributed by atoms with van der Waals surface area (Å²) in [6, 6.07) is 5.28. The maximum absolute atomic E-state index is 11.8. The van der Waals surface area contributed by atoms with E-state index in [-0.39, 0.29) is 5.91 Å². The van der Waals surface area contributed by atoms with Crippen molar-refractivity contribution in [3.05, 3.63) is 29.3 Å². The monoisotopic (exact) mass is 280 g/mol. The number of hydrogen-bond acceptors (Lipinski definition) is 6. The molecule has 5 nitrogen and oxygen atoms in total. The quantitative estimate of drug-likeness (QED) is 0.870. The normalized spacial score (nSPS) is 10.3. The third kappa shape index (κ3) is 2.80. The number of benzene rings is 1. The molecule has 0 unspecified atom stereocenters. The lowest BCUT2D eigenvalue weighted by molar-refractivity contribution is 0.0827. The zero-order valence-corrected chi connectivity index (χ0v) is 11.6. The van der Waals surface area contributed by atoms with Gasteiger partial charge in [-0.05, 0) is 18.2 Å². The van der Waals surface area contributed by atoms with E-state index in [9.17, 15) is 4.79 Å². The first-order valence-corrected chi connectivity index (χ1v) is 6.82.